The van der Waals surface area contributed by atoms with Gasteiger partial charge in [0.25, 0.3) is 0 Å². The van der Waals surface area contributed by atoms with Crippen LogP contribution in [0, 0.1) is 7.14 Å². The van der Waals surface area contributed by atoms with E-state index in [2.05, 4.69) is 81.7 Å². The Labute approximate surface area is 171 Å². The Morgan fingerprint density at radius 2 is 1.62 bits per heavy atom. The van der Waals surface area contributed by atoms with E-state index >= 15 is 0 Å². The molecule has 0 fully saturated rings. The van der Waals surface area contributed by atoms with Crippen LogP contribution < -0.4 is 5.32 Å². The summed E-state index contributed by atoms with van der Waals surface area (Å²) < 4.78 is 1.52. The van der Waals surface area contributed by atoms with Gasteiger partial charge in [-0.1, -0.05) is 30.3 Å². The maximum absolute atomic E-state index is 10.6. The van der Waals surface area contributed by atoms with Crippen molar-refractivity contribution in [1.29, 1.82) is 0 Å². The number of halogens is 2. The number of hydrogen-bond acceptors (Lipinski definition) is 3. The van der Waals surface area contributed by atoms with Crippen molar-refractivity contribution in [2.45, 2.75) is 44.9 Å². The van der Waals surface area contributed by atoms with E-state index in [1.165, 1.54) is 5.56 Å². The molecule has 2 rings (SSSR count). The Morgan fingerprint density at radius 1 is 1.04 bits per heavy atom. The van der Waals surface area contributed by atoms with Gasteiger partial charge in [-0.15, -0.1) is 0 Å². The number of hydrogen-bond donors (Lipinski definition) is 3. The number of nitrogens with one attached hydrogen (secondary N) is 1. The molecule has 5 heteroatoms. The first-order valence-corrected chi connectivity index (χ1v) is 10.2. The van der Waals surface area contributed by atoms with Gasteiger partial charge in [0.05, 0.1) is 13.2 Å². The molecule has 0 aliphatic rings. The normalized spacial score (nSPS) is 15.0. The number of phenolic OH excluding ortho intramolecular Hbond substituents is 1. The third-order valence-corrected chi connectivity index (χ3v) is 5.76. The Balaban J connectivity index is 1.92. The molecular weight excluding hydrogens is 528 g/mol. The second-order valence-electron chi connectivity index (χ2n) is 6.16. The monoisotopic (exact) mass is 551 g/mol. The van der Waals surface area contributed by atoms with Gasteiger partial charge in [0, 0.05) is 12.1 Å². The fraction of sp³-hybridized carbons (Fsp3) is 0.368. The van der Waals surface area contributed by atoms with Gasteiger partial charge in [0.15, 0.2) is 0 Å². The zero-order chi connectivity index (χ0) is 17.7. The molecule has 0 radical (unpaired) electrons. The molecule has 0 aliphatic heterocycles. The molecule has 0 saturated heterocycles. The predicted molar refractivity (Wildman–Crippen MR) is 115 cm³/mol. The summed E-state index contributed by atoms with van der Waals surface area (Å²) in [6.07, 6.45) is 1.44. The SMILES string of the molecule is C[C@H](CCc1ccccc1)N[C@@H](C)[C@@H](O)c1cc(I)c(O)c(I)c1. The molecular formula is C19H23I2NO2. The molecule has 0 aliphatic carbocycles. The summed E-state index contributed by atoms with van der Waals surface area (Å²) >= 11 is 4.18. The van der Waals surface area contributed by atoms with E-state index in [-0.39, 0.29) is 11.8 Å². The summed E-state index contributed by atoms with van der Waals surface area (Å²) in [4.78, 5) is 0. The van der Waals surface area contributed by atoms with Crippen LogP contribution in [0.2, 0.25) is 0 Å². The Hall–Kier alpha value is -0.380. The maximum Gasteiger partial charge on any atom is 0.142 e. The first-order valence-electron chi connectivity index (χ1n) is 8.04. The van der Waals surface area contributed by atoms with E-state index in [1.54, 1.807) is 0 Å². The highest BCUT2D eigenvalue weighted by Crippen LogP contribution is 2.30. The first kappa shape index (κ1) is 19.9. The van der Waals surface area contributed by atoms with Crippen molar-refractivity contribution >= 4 is 45.2 Å². The first-order chi connectivity index (χ1) is 11.4. The number of aliphatic hydroxyl groups is 1. The van der Waals surface area contributed by atoms with Crippen molar-refractivity contribution in [3.8, 4) is 5.75 Å². The van der Waals surface area contributed by atoms with Crippen molar-refractivity contribution in [1.82, 2.24) is 5.32 Å². The maximum atomic E-state index is 10.6. The summed E-state index contributed by atoms with van der Waals surface area (Å²) in [5.74, 6) is 0.281. The van der Waals surface area contributed by atoms with Crippen LogP contribution >= 0.6 is 45.2 Å². The van der Waals surface area contributed by atoms with Gasteiger partial charge in [-0.3, -0.25) is 0 Å². The van der Waals surface area contributed by atoms with Crippen LogP contribution in [0.5, 0.6) is 5.75 Å². The van der Waals surface area contributed by atoms with Crippen LogP contribution in [-0.4, -0.2) is 22.3 Å². The molecule has 24 heavy (non-hydrogen) atoms. The van der Waals surface area contributed by atoms with E-state index in [4.69, 9.17) is 0 Å². The highest BCUT2D eigenvalue weighted by atomic mass is 127. The molecule has 2 aromatic rings. The van der Waals surface area contributed by atoms with E-state index in [9.17, 15) is 10.2 Å². The zero-order valence-corrected chi connectivity index (χ0v) is 18.2. The number of benzene rings is 2. The number of aliphatic hydroxyl groups excluding tert-OH is 1. The van der Waals surface area contributed by atoms with Crippen LogP contribution in [0.25, 0.3) is 0 Å². The average Bonchev–Trinajstić information content (AvgIpc) is 2.57. The highest BCUT2D eigenvalue weighted by Gasteiger charge is 2.20. The molecule has 0 amide bonds. The third kappa shape index (κ3) is 5.57. The lowest BCUT2D eigenvalue weighted by Crippen LogP contribution is -2.38. The number of rotatable bonds is 7. The standard InChI is InChI=1S/C19H23I2NO2/c1-12(8-9-14-6-4-3-5-7-14)22-13(2)18(23)15-10-16(20)19(24)17(21)11-15/h3-7,10-13,18,22-24H,8-9H2,1-2H3/t12-,13+,18-/m1/s1. The number of aryl methyl sites for hydroxylation is 1. The Morgan fingerprint density at radius 3 is 2.21 bits per heavy atom. The van der Waals surface area contributed by atoms with E-state index in [0.717, 1.165) is 25.5 Å². The van der Waals surface area contributed by atoms with Crippen molar-refractivity contribution in [2.75, 3.05) is 0 Å². The fourth-order valence-corrected chi connectivity index (χ4v) is 4.51. The molecule has 3 nitrogen and oxygen atoms in total. The largest absolute Gasteiger partial charge is 0.506 e. The van der Waals surface area contributed by atoms with Gasteiger partial charge < -0.3 is 15.5 Å². The molecule has 0 bridgehead atoms. The second-order valence-corrected chi connectivity index (χ2v) is 8.48. The van der Waals surface area contributed by atoms with Crippen molar-refractivity contribution in [3.05, 3.63) is 60.7 Å². The van der Waals surface area contributed by atoms with Crippen LogP contribution in [0.15, 0.2) is 42.5 Å². The second kappa shape index (κ2) is 9.35. The summed E-state index contributed by atoms with van der Waals surface area (Å²) in [5.41, 5.74) is 2.17. The van der Waals surface area contributed by atoms with E-state index < -0.39 is 6.10 Å². The van der Waals surface area contributed by atoms with Crippen LogP contribution in [0.1, 0.15) is 37.5 Å². The van der Waals surface area contributed by atoms with Crippen molar-refractivity contribution in [3.63, 3.8) is 0 Å². The van der Waals surface area contributed by atoms with Crippen molar-refractivity contribution in [2.24, 2.45) is 0 Å². The van der Waals surface area contributed by atoms with Gasteiger partial charge in [-0.05, 0) is 95.1 Å². The molecule has 0 heterocycles. The summed E-state index contributed by atoms with van der Waals surface area (Å²) in [6.45, 7) is 4.15. The number of aromatic hydroxyl groups is 1. The molecule has 0 spiro atoms. The van der Waals surface area contributed by atoms with Gasteiger partial charge in [0.2, 0.25) is 0 Å². The van der Waals surface area contributed by atoms with Crippen LogP contribution in [-0.2, 0) is 6.42 Å². The predicted octanol–water partition coefficient (Wildman–Crippen LogP) is 4.63. The van der Waals surface area contributed by atoms with Crippen molar-refractivity contribution < 1.29 is 10.2 Å². The quantitative estimate of drug-likeness (QED) is 0.440. The summed E-state index contributed by atoms with van der Waals surface area (Å²) in [5, 5.41) is 24.0. The molecule has 0 aromatic heterocycles. The summed E-state index contributed by atoms with van der Waals surface area (Å²) in [6, 6.07) is 14.4. The lowest BCUT2D eigenvalue weighted by Gasteiger charge is -2.25. The molecule has 3 atom stereocenters. The highest BCUT2D eigenvalue weighted by molar-refractivity contribution is 14.1. The Bertz CT molecular complexity index is 641. The summed E-state index contributed by atoms with van der Waals surface area (Å²) in [7, 11) is 0. The van der Waals surface area contributed by atoms with Gasteiger partial charge in [-0.25, -0.2) is 0 Å². The van der Waals surface area contributed by atoms with Gasteiger partial charge >= 0.3 is 0 Å². The smallest absolute Gasteiger partial charge is 0.142 e. The minimum Gasteiger partial charge on any atom is -0.506 e. The fourth-order valence-electron chi connectivity index (χ4n) is 2.70. The Kier molecular flexibility index (Phi) is 7.77. The van der Waals surface area contributed by atoms with Gasteiger partial charge in [-0.2, -0.15) is 0 Å². The van der Waals surface area contributed by atoms with Crippen LogP contribution in [0.4, 0.5) is 0 Å². The molecule has 3 N–H and O–H groups in total. The molecule has 2 aromatic carbocycles. The zero-order valence-electron chi connectivity index (χ0n) is 13.8. The molecule has 0 unspecified atom stereocenters. The minimum atomic E-state index is -0.605. The number of phenols is 1. The van der Waals surface area contributed by atoms with Crippen LogP contribution in [0.3, 0.4) is 0 Å². The van der Waals surface area contributed by atoms with E-state index in [0.29, 0.717) is 6.04 Å². The topological polar surface area (TPSA) is 52.5 Å². The molecule has 0 saturated carbocycles. The lowest BCUT2D eigenvalue weighted by molar-refractivity contribution is 0.129. The minimum absolute atomic E-state index is 0.0630. The average molecular weight is 551 g/mol. The molecule has 130 valence electrons. The third-order valence-electron chi connectivity index (χ3n) is 4.11. The lowest BCUT2D eigenvalue weighted by atomic mass is 10.0. The van der Waals surface area contributed by atoms with E-state index in [1.807, 2.05) is 25.1 Å². The van der Waals surface area contributed by atoms with Gasteiger partial charge in [0.1, 0.15) is 5.75 Å².